The molecule has 1 aromatic heterocycles. The fraction of sp³-hybridized carbons (Fsp3) is 0.714. The topological polar surface area (TPSA) is 75.4 Å². The smallest absolute Gasteiger partial charge is 0.162 e. The number of β-amino-alcohol motifs (C(OH)–C–C–N with tert-alkyl or cyclic N) is 1. The van der Waals surface area contributed by atoms with Gasteiger partial charge in [-0.2, -0.15) is 9.64 Å². The number of hydrogen-bond acceptors (Lipinski definition) is 7. The van der Waals surface area contributed by atoms with E-state index < -0.39 is 0 Å². The van der Waals surface area contributed by atoms with Crippen molar-refractivity contribution in [2.75, 3.05) is 57.7 Å². The lowest BCUT2D eigenvalue weighted by molar-refractivity contribution is 0.112. The number of rotatable bonds is 8. The number of piperazine rings is 1. The average Bonchev–Trinajstić information content (AvgIpc) is 2.89. The lowest BCUT2D eigenvalue weighted by Gasteiger charge is -2.34. The summed E-state index contributed by atoms with van der Waals surface area (Å²) in [5, 5.41) is 22.2. The van der Waals surface area contributed by atoms with Crippen LogP contribution >= 0.6 is 23.1 Å². The Morgan fingerprint density at radius 1 is 1.23 bits per heavy atom. The molecule has 0 amide bonds. The van der Waals surface area contributed by atoms with Crippen LogP contribution in [0.3, 0.4) is 0 Å². The summed E-state index contributed by atoms with van der Waals surface area (Å²) < 4.78 is 3.97. The van der Waals surface area contributed by atoms with Crippen LogP contribution in [0.1, 0.15) is 18.4 Å². The quantitative estimate of drug-likeness (QED) is 0.696. The van der Waals surface area contributed by atoms with Gasteiger partial charge in [-0.25, -0.2) is 0 Å². The van der Waals surface area contributed by atoms with Crippen molar-refractivity contribution in [3.63, 3.8) is 0 Å². The Morgan fingerprint density at radius 3 is 2.55 bits per heavy atom. The molecule has 2 rings (SSSR count). The van der Waals surface area contributed by atoms with E-state index in [1.807, 2.05) is 0 Å². The molecule has 0 bridgehead atoms. The molecule has 0 spiro atoms. The van der Waals surface area contributed by atoms with Gasteiger partial charge in [-0.3, -0.25) is 4.90 Å². The van der Waals surface area contributed by atoms with Gasteiger partial charge in [-0.05, 0) is 30.9 Å². The van der Waals surface area contributed by atoms with Gasteiger partial charge < -0.3 is 15.3 Å². The molecule has 1 fully saturated rings. The Morgan fingerprint density at radius 2 is 1.91 bits per heavy atom. The van der Waals surface area contributed by atoms with Gasteiger partial charge in [0.2, 0.25) is 0 Å². The highest BCUT2D eigenvalue weighted by Gasteiger charge is 2.15. The number of aromatic nitrogens is 1. The zero-order valence-corrected chi connectivity index (χ0v) is 14.2. The number of nitrogens with zero attached hydrogens (tertiary/aromatic N) is 4. The largest absolute Gasteiger partial charge is 0.395 e. The van der Waals surface area contributed by atoms with E-state index in [0.717, 1.165) is 63.7 Å². The highest BCUT2D eigenvalue weighted by Crippen LogP contribution is 2.27. The molecule has 122 valence electrons. The van der Waals surface area contributed by atoms with Crippen molar-refractivity contribution in [2.24, 2.45) is 0 Å². The second kappa shape index (κ2) is 9.28. The minimum atomic E-state index is 0.248. The van der Waals surface area contributed by atoms with Crippen molar-refractivity contribution in [1.29, 1.82) is 5.26 Å². The molecular weight excluding hydrogens is 322 g/mol. The van der Waals surface area contributed by atoms with Crippen LogP contribution in [0.4, 0.5) is 5.00 Å². The lowest BCUT2D eigenvalue weighted by Crippen LogP contribution is -2.47. The van der Waals surface area contributed by atoms with Crippen molar-refractivity contribution >= 4 is 28.1 Å². The van der Waals surface area contributed by atoms with Gasteiger partial charge >= 0.3 is 0 Å². The third-order valence-electron chi connectivity index (χ3n) is 3.83. The number of hydrogen-bond donors (Lipinski definition) is 2. The molecule has 1 aromatic rings. The van der Waals surface area contributed by atoms with Gasteiger partial charge in [0.25, 0.3) is 0 Å². The second-order valence-electron chi connectivity index (χ2n) is 5.33. The molecule has 1 aliphatic rings. The molecule has 0 aliphatic carbocycles. The molecule has 0 unspecified atom stereocenters. The van der Waals surface area contributed by atoms with Gasteiger partial charge in [0.15, 0.2) is 5.15 Å². The summed E-state index contributed by atoms with van der Waals surface area (Å²) in [6.45, 7) is 7.22. The first-order valence-corrected chi connectivity index (χ1v) is 8.74. The number of unbranched alkanes of at least 4 members (excludes halogenated alkanes) is 1. The van der Waals surface area contributed by atoms with Crippen LogP contribution in [0, 0.1) is 11.3 Å². The minimum absolute atomic E-state index is 0.248. The summed E-state index contributed by atoms with van der Waals surface area (Å²) >= 11 is 7.07. The molecule has 2 N–H and O–H groups in total. The highest BCUT2D eigenvalue weighted by atomic mass is 35.5. The molecule has 2 heterocycles. The monoisotopic (exact) mass is 343 g/mol. The Labute approximate surface area is 140 Å². The number of aliphatic hydroxyl groups excluding tert-OH is 1. The second-order valence-corrected chi connectivity index (χ2v) is 6.46. The van der Waals surface area contributed by atoms with Gasteiger partial charge in [0.1, 0.15) is 16.6 Å². The van der Waals surface area contributed by atoms with E-state index >= 15 is 0 Å². The van der Waals surface area contributed by atoms with Crippen LogP contribution < -0.4 is 5.32 Å². The van der Waals surface area contributed by atoms with E-state index in [9.17, 15) is 0 Å². The zero-order valence-electron chi connectivity index (χ0n) is 12.6. The van der Waals surface area contributed by atoms with Gasteiger partial charge in [-0.1, -0.05) is 11.6 Å². The van der Waals surface area contributed by atoms with E-state index in [1.165, 1.54) is 11.5 Å². The van der Waals surface area contributed by atoms with Crippen LogP contribution in [0.25, 0.3) is 0 Å². The van der Waals surface area contributed by atoms with Crippen LogP contribution in [0.2, 0.25) is 5.15 Å². The van der Waals surface area contributed by atoms with Crippen molar-refractivity contribution in [3.05, 3.63) is 10.7 Å². The van der Waals surface area contributed by atoms with E-state index in [4.69, 9.17) is 22.0 Å². The van der Waals surface area contributed by atoms with E-state index in [-0.39, 0.29) is 11.8 Å². The van der Waals surface area contributed by atoms with Crippen molar-refractivity contribution in [3.8, 4) is 6.07 Å². The first kappa shape index (κ1) is 17.4. The number of halogens is 1. The molecule has 0 radical (unpaired) electrons. The predicted molar refractivity (Wildman–Crippen MR) is 89.5 cm³/mol. The fourth-order valence-electron chi connectivity index (χ4n) is 2.53. The Balaban J connectivity index is 1.57. The van der Waals surface area contributed by atoms with Crippen LogP contribution in [-0.2, 0) is 0 Å². The predicted octanol–water partition coefficient (Wildman–Crippen LogP) is 1.47. The van der Waals surface area contributed by atoms with E-state index in [1.54, 1.807) is 0 Å². The van der Waals surface area contributed by atoms with Gasteiger partial charge in [0.05, 0.1) is 6.61 Å². The molecule has 8 heteroatoms. The van der Waals surface area contributed by atoms with E-state index in [2.05, 4.69) is 25.6 Å². The molecule has 0 saturated carbocycles. The van der Waals surface area contributed by atoms with Gasteiger partial charge in [0, 0.05) is 39.3 Å². The first-order chi connectivity index (χ1) is 10.7. The van der Waals surface area contributed by atoms with Crippen molar-refractivity contribution in [1.82, 2.24) is 14.2 Å². The standard InChI is InChI=1S/C14H22ClN5OS/c15-13-12(11-16)14(22-18-13)17-3-1-2-4-19-5-7-20(8-6-19)9-10-21/h17,21H,1-10H2. The third-order valence-corrected chi connectivity index (χ3v) is 5.01. The highest BCUT2D eigenvalue weighted by molar-refractivity contribution is 7.10. The maximum absolute atomic E-state index is 8.99. The first-order valence-electron chi connectivity index (χ1n) is 7.59. The molecule has 1 saturated heterocycles. The number of anilines is 1. The molecule has 6 nitrogen and oxygen atoms in total. The maximum atomic E-state index is 8.99. The molecule has 0 aromatic carbocycles. The molecule has 22 heavy (non-hydrogen) atoms. The number of nitriles is 1. The molecule has 0 atom stereocenters. The van der Waals surface area contributed by atoms with Crippen LogP contribution in [0.5, 0.6) is 0 Å². The van der Waals surface area contributed by atoms with E-state index in [0.29, 0.717) is 5.56 Å². The SMILES string of the molecule is N#Cc1c(Cl)nsc1NCCCCN1CCN(CCO)CC1. The summed E-state index contributed by atoms with van der Waals surface area (Å²) in [6.07, 6.45) is 2.18. The van der Waals surface area contributed by atoms with Crippen LogP contribution in [-0.4, -0.2) is 71.7 Å². The normalized spacial score (nSPS) is 16.6. The molecular formula is C14H22ClN5OS. The van der Waals surface area contributed by atoms with Crippen LogP contribution in [0.15, 0.2) is 0 Å². The number of nitrogens with one attached hydrogen (secondary N) is 1. The summed E-state index contributed by atoms with van der Waals surface area (Å²) in [4.78, 5) is 4.77. The summed E-state index contributed by atoms with van der Waals surface area (Å²) in [7, 11) is 0. The zero-order chi connectivity index (χ0) is 15.8. The van der Waals surface area contributed by atoms with Gasteiger partial charge in [-0.15, -0.1) is 0 Å². The van der Waals surface area contributed by atoms with Crippen molar-refractivity contribution in [2.45, 2.75) is 12.8 Å². The van der Waals surface area contributed by atoms with Crippen molar-refractivity contribution < 1.29 is 5.11 Å². The summed E-state index contributed by atoms with van der Waals surface area (Å²) in [6, 6.07) is 2.07. The number of aliphatic hydroxyl groups is 1. The maximum Gasteiger partial charge on any atom is 0.162 e. The average molecular weight is 344 g/mol. The lowest BCUT2D eigenvalue weighted by atomic mass is 10.2. The fourth-order valence-corrected chi connectivity index (χ4v) is 3.49. The Bertz CT molecular complexity index is 496. The Kier molecular flexibility index (Phi) is 7.36. The summed E-state index contributed by atoms with van der Waals surface area (Å²) in [5.41, 5.74) is 0.451. The third kappa shape index (κ3) is 5.07. The molecule has 1 aliphatic heterocycles. The Hall–Kier alpha value is -0.910. The minimum Gasteiger partial charge on any atom is -0.395 e. The summed E-state index contributed by atoms with van der Waals surface area (Å²) in [5.74, 6) is 0.